The molecule has 1 N–H and O–H groups in total. The summed E-state index contributed by atoms with van der Waals surface area (Å²) in [4.78, 5) is 18.7. The quantitative estimate of drug-likeness (QED) is 0.883. The van der Waals surface area contributed by atoms with E-state index < -0.39 is 0 Å². The van der Waals surface area contributed by atoms with Gasteiger partial charge in [-0.05, 0) is 24.6 Å². The maximum atomic E-state index is 12.3. The minimum absolute atomic E-state index is 0.00628. The lowest BCUT2D eigenvalue weighted by atomic mass is 9.99. The fourth-order valence-electron chi connectivity index (χ4n) is 3.09. The average Bonchev–Trinajstić information content (AvgIpc) is 2.80. The standard InChI is InChI=1S/C15H21N3O2/c1-2-18-9-12-6-13(14(10-18)20-12)15(19)17-8-11-4-3-5-16-7-11/h3-5,7,12-14H,2,6,8-10H2,1H3,(H,17,19)/t12-,13+,14-/m0/s1. The molecule has 3 rings (SSSR count). The van der Waals surface area contributed by atoms with Crippen LogP contribution in [-0.4, -0.2) is 47.6 Å². The third kappa shape index (κ3) is 2.83. The smallest absolute Gasteiger partial charge is 0.226 e. The summed E-state index contributed by atoms with van der Waals surface area (Å²) >= 11 is 0. The van der Waals surface area contributed by atoms with E-state index in [1.807, 2.05) is 12.1 Å². The molecule has 0 saturated carbocycles. The second kappa shape index (κ2) is 5.89. The number of carbonyl (C=O) groups is 1. The van der Waals surface area contributed by atoms with Gasteiger partial charge in [-0.2, -0.15) is 0 Å². The highest BCUT2D eigenvalue weighted by atomic mass is 16.5. The molecular formula is C15H21N3O2. The SMILES string of the molecule is CCN1C[C@@H]2C[C@@H](C(=O)NCc3cccnc3)[C@H](C1)O2. The van der Waals surface area contributed by atoms with E-state index in [1.54, 1.807) is 12.4 Å². The van der Waals surface area contributed by atoms with Gasteiger partial charge in [-0.15, -0.1) is 0 Å². The molecule has 0 unspecified atom stereocenters. The summed E-state index contributed by atoms with van der Waals surface area (Å²) in [6.45, 7) is 5.55. The van der Waals surface area contributed by atoms with E-state index in [0.717, 1.165) is 31.6 Å². The van der Waals surface area contributed by atoms with Gasteiger partial charge in [-0.3, -0.25) is 14.7 Å². The third-order valence-electron chi connectivity index (χ3n) is 4.21. The van der Waals surface area contributed by atoms with Crippen LogP contribution in [0.5, 0.6) is 0 Å². The molecule has 0 aromatic carbocycles. The highest BCUT2D eigenvalue weighted by Crippen LogP contribution is 2.31. The number of aromatic nitrogens is 1. The van der Waals surface area contributed by atoms with Gasteiger partial charge in [0.25, 0.3) is 0 Å². The Balaban J connectivity index is 1.56. The zero-order chi connectivity index (χ0) is 13.9. The molecule has 1 amide bonds. The van der Waals surface area contributed by atoms with Gasteiger partial charge in [0, 0.05) is 32.0 Å². The number of carbonyl (C=O) groups excluding carboxylic acids is 1. The fourth-order valence-corrected chi connectivity index (χ4v) is 3.09. The predicted octanol–water partition coefficient (Wildman–Crippen LogP) is 0.807. The number of pyridine rings is 1. The molecule has 3 atom stereocenters. The van der Waals surface area contributed by atoms with E-state index in [1.165, 1.54) is 0 Å². The molecule has 2 saturated heterocycles. The van der Waals surface area contributed by atoms with Crippen LogP contribution >= 0.6 is 0 Å². The molecule has 2 fully saturated rings. The van der Waals surface area contributed by atoms with Gasteiger partial charge in [-0.25, -0.2) is 0 Å². The van der Waals surface area contributed by atoms with Gasteiger partial charge in [0.1, 0.15) is 0 Å². The van der Waals surface area contributed by atoms with Crippen molar-refractivity contribution in [2.45, 2.75) is 32.1 Å². The second-order valence-electron chi connectivity index (χ2n) is 5.57. The first-order valence-corrected chi connectivity index (χ1v) is 7.30. The van der Waals surface area contributed by atoms with Crippen LogP contribution < -0.4 is 5.32 Å². The lowest BCUT2D eigenvalue weighted by Gasteiger charge is -2.31. The molecule has 0 aliphatic carbocycles. The van der Waals surface area contributed by atoms with E-state index in [-0.39, 0.29) is 24.0 Å². The first kappa shape index (κ1) is 13.5. The van der Waals surface area contributed by atoms with Crippen molar-refractivity contribution in [3.05, 3.63) is 30.1 Å². The first-order valence-electron chi connectivity index (χ1n) is 7.30. The minimum atomic E-state index is -0.00628. The Morgan fingerprint density at radius 3 is 3.20 bits per heavy atom. The predicted molar refractivity (Wildman–Crippen MR) is 75.0 cm³/mol. The number of nitrogens with one attached hydrogen (secondary N) is 1. The Hall–Kier alpha value is -1.46. The number of morpholine rings is 1. The van der Waals surface area contributed by atoms with Crippen LogP contribution in [0.3, 0.4) is 0 Å². The zero-order valence-electron chi connectivity index (χ0n) is 11.8. The lowest BCUT2D eigenvalue weighted by molar-refractivity contribution is -0.128. The maximum Gasteiger partial charge on any atom is 0.226 e. The number of nitrogens with zero attached hydrogens (tertiary/aromatic N) is 2. The van der Waals surface area contributed by atoms with Crippen molar-refractivity contribution in [1.82, 2.24) is 15.2 Å². The van der Waals surface area contributed by atoms with E-state index >= 15 is 0 Å². The molecule has 2 aliphatic rings. The number of ether oxygens (including phenoxy) is 1. The van der Waals surface area contributed by atoms with E-state index in [2.05, 4.69) is 22.1 Å². The van der Waals surface area contributed by atoms with Crippen LogP contribution in [0.25, 0.3) is 0 Å². The van der Waals surface area contributed by atoms with Gasteiger partial charge in [0.2, 0.25) is 5.91 Å². The molecule has 5 heteroatoms. The van der Waals surface area contributed by atoms with E-state index in [4.69, 9.17) is 4.74 Å². The third-order valence-corrected chi connectivity index (χ3v) is 4.21. The van der Waals surface area contributed by atoms with Gasteiger partial charge in [0.15, 0.2) is 0 Å². The average molecular weight is 275 g/mol. The van der Waals surface area contributed by atoms with Crippen molar-refractivity contribution in [2.24, 2.45) is 5.92 Å². The molecule has 2 aliphatic heterocycles. The number of fused-ring (bicyclic) bond motifs is 2. The minimum Gasteiger partial charge on any atom is -0.371 e. The normalized spacial score (nSPS) is 29.4. The van der Waals surface area contributed by atoms with E-state index in [0.29, 0.717) is 6.54 Å². The highest BCUT2D eigenvalue weighted by molar-refractivity contribution is 5.79. The summed E-state index contributed by atoms with van der Waals surface area (Å²) in [5, 5.41) is 3.01. The molecule has 0 radical (unpaired) electrons. The maximum absolute atomic E-state index is 12.3. The van der Waals surface area contributed by atoms with E-state index in [9.17, 15) is 4.79 Å². The second-order valence-corrected chi connectivity index (χ2v) is 5.57. The number of likely N-dealkylation sites (tertiary alicyclic amines) is 1. The van der Waals surface area contributed by atoms with Crippen LogP contribution in [-0.2, 0) is 16.1 Å². The Kier molecular flexibility index (Phi) is 3.98. The lowest BCUT2D eigenvalue weighted by Crippen LogP contribution is -2.45. The van der Waals surface area contributed by atoms with Crippen molar-refractivity contribution in [3.63, 3.8) is 0 Å². The molecule has 0 spiro atoms. The Morgan fingerprint density at radius 1 is 1.55 bits per heavy atom. The van der Waals surface area contributed by atoms with Crippen LogP contribution in [0.4, 0.5) is 0 Å². The molecule has 20 heavy (non-hydrogen) atoms. The number of amides is 1. The molecule has 1 aromatic heterocycles. The van der Waals surface area contributed by atoms with Crippen molar-refractivity contribution in [3.8, 4) is 0 Å². The van der Waals surface area contributed by atoms with Crippen LogP contribution in [0, 0.1) is 5.92 Å². The van der Waals surface area contributed by atoms with Crippen LogP contribution in [0.2, 0.25) is 0 Å². The Morgan fingerprint density at radius 2 is 2.45 bits per heavy atom. The van der Waals surface area contributed by atoms with Gasteiger partial charge in [-0.1, -0.05) is 13.0 Å². The van der Waals surface area contributed by atoms with Crippen molar-refractivity contribution >= 4 is 5.91 Å². The summed E-state index contributed by atoms with van der Waals surface area (Å²) < 4.78 is 5.90. The van der Waals surface area contributed by atoms with Gasteiger partial charge < -0.3 is 10.1 Å². The monoisotopic (exact) mass is 275 g/mol. The number of hydrogen-bond donors (Lipinski definition) is 1. The van der Waals surface area contributed by atoms with Gasteiger partial charge in [0.05, 0.1) is 18.1 Å². The fraction of sp³-hybridized carbons (Fsp3) is 0.600. The summed E-state index contributed by atoms with van der Waals surface area (Å²) in [6.07, 6.45) is 4.65. The van der Waals surface area contributed by atoms with Crippen LogP contribution in [0.1, 0.15) is 18.9 Å². The van der Waals surface area contributed by atoms with Crippen molar-refractivity contribution < 1.29 is 9.53 Å². The Labute approximate surface area is 119 Å². The Bertz CT molecular complexity index is 465. The van der Waals surface area contributed by atoms with Crippen molar-refractivity contribution in [1.29, 1.82) is 0 Å². The molecule has 2 bridgehead atoms. The number of rotatable bonds is 4. The molecule has 5 nitrogen and oxygen atoms in total. The largest absolute Gasteiger partial charge is 0.371 e. The summed E-state index contributed by atoms with van der Waals surface area (Å²) in [5.74, 6) is 0.104. The van der Waals surface area contributed by atoms with Crippen molar-refractivity contribution in [2.75, 3.05) is 19.6 Å². The molecule has 1 aromatic rings. The van der Waals surface area contributed by atoms with Gasteiger partial charge >= 0.3 is 0 Å². The molecule has 3 heterocycles. The zero-order valence-corrected chi connectivity index (χ0v) is 11.8. The number of hydrogen-bond acceptors (Lipinski definition) is 4. The summed E-state index contributed by atoms with van der Waals surface area (Å²) in [7, 11) is 0. The number of likely N-dealkylation sites (N-methyl/N-ethyl adjacent to an activating group) is 1. The first-order chi connectivity index (χ1) is 9.76. The topological polar surface area (TPSA) is 54.5 Å². The molecular weight excluding hydrogens is 254 g/mol. The molecule has 108 valence electrons. The summed E-state index contributed by atoms with van der Waals surface area (Å²) in [6, 6.07) is 3.85. The summed E-state index contributed by atoms with van der Waals surface area (Å²) in [5.41, 5.74) is 1.03. The van der Waals surface area contributed by atoms with Crippen LogP contribution in [0.15, 0.2) is 24.5 Å². The highest BCUT2D eigenvalue weighted by Gasteiger charge is 2.44.